The third-order valence-corrected chi connectivity index (χ3v) is 1.22. The molecule has 1 rings (SSSR count). The summed E-state index contributed by atoms with van der Waals surface area (Å²) in [6.45, 7) is 2.23. The van der Waals surface area contributed by atoms with E-state index in [1.54, 1.807) is 6.92 Å². The number of hydrogen-bond donors (Lipinski definition) is 0. The van der Waals surface area contributed by atoms with Gasteiger partial charge in [0.05, 0.1) is 0 Å². The smallest absolute Gasteiger partial charge is 0.253 e. The van der Waals surface area contributed by atoms with Gasteiger partial charge < -0.3 is 0 Å². The van der Waals surface area contributed by atoms with Crippen molar-refractivity contribution < 1.29 is 9.59 Å². The molecule has 2 amide bonds. The van der Waals surface area contributed by atoms with Crippen molar-refractivity contribution in [2.75, 3.05) is 6.54 Å². The lowest BCUT2D eigenvalue weighted by Gasteiger charge is -2.08. The van der Waals surface area contributed by atoms with Crippen LogP contribution in [0.1, 0.15) is 6.92 Å². The summed E-state index contributed by atoms with van der Waals surface area (Å²) in [7, 11) is 2.56. The first-order valence-electron chi connectivity index (χ1n) is 2.99. The van der Waals surface area contributed by atoms with Crippen molar-refractivity contribution in [3.05, 3.63) is 12.2 Å². The molecule has 0 aromatic carbocycles. The van der Waals surface area contributed by atoms with E-state index < -0.39 is 0 Å². The Morgan fingerprint density at radius 2 is 1.73 bits per heavy atom. The lowest BCUT2D eigenvalue weighted by Crippen LogP contribution is -2.29. The Bertz CT molecular complexity index is 187. The van der Waals surface area contributed by atoms with Crippen LogP contribution in [0.5, 0.6) is 0 Å². The SMILES string of the molecule is CCN1C(=O)C=CC1=O.P=S. The molecule has 0 unspecified atom stereocenters. The standard InChI is InChI=1S/C6H7NO2.HPS/c1-2-7-5(8)3-4-6(7)9;1-2/h3-4H,2H2,1H3;1H. The van der Waals surface area contributed by atoms with E-state index in [1.165, 1.54) is 17.1 Å². The van der Waals surface area contributed by atoms with Gasteiger partial charge in [-0.15, -0.1) is 0 Å². The number of amides is 2. The number of likely N-dealkylation sites (N-methyl/N-ethyl adjacent to an activating group) is 1. The van der Waals surface area contributed by atoms with Gasteiger partial charge in [-0.1, -0.05) is 11.8 Å². The summed E-state index contributed by atoms with van der Waals surface area (Å²) in [4.78, 5) is 22.4. The predicted octanol–water partition coefficient (Wildman–Crippen LogP) is 0.522. The van der Waals surface area contributed by atoms with E-state index in [-0.39, 0.29) is 11.8 Å². The first-order valence-corrected chi connectivity index (χ1v) is 4.63. The van der Waals surface area contributed by atoms with Crippen LogP contribution in [-0.4, -0.2) is 23.3 Å². The Hall–Kier alpha value is -0.600. The zero-order valence-corrected chi connectivity index (χ0v) is 7.85. The monoisotopic (exact) mass is 189 g/mol. The van der Waals surface area contributed by atoms with Gasteiger partial charge in [-0.2, -0.15) is 0 Å². The zero-order valence-electron chi connectivity index (χ0n) is 6.03. The van der Waals surface area contributed by atoms with Gasteiger partial charge in [-0.3, -0.25) is 14.5 Å². The van der Waals surface area contributed by atoms with Gasteiger partial charge in [-0.05, 0) is 14.9 Å². The van der Waals surface area contributed by atoms with E-state index in [0.29, 0.717) is 6.54 Å². The number of rotatable bonds is 1. The Kier molecular flexibility index (Phi) is 4.83. The van der Waals surface area contributed by atoms with Gasteiger partial charge in [-0.25, -0.2) is 0 Å². The lowest BCUT2D eigenvalue weighted by molar-refractivity contribution is -0.136. The Balaban J connectivity index is 0.000000461. The molecule has 1 aliphatic heterocycles. The summed E-state index contributed by atoms with van der Waals surface area (Å²) in [5.74, 6) is -0.412. The van der Waals surface area contributed by atoms with Crippen molar-refractivity contribution in [1.29, 1.82) is 0 Å². The van der Waals surface area contributed by atoms with Gasteiger partial charge in [0.25, 0.3) is 11.8 Å². The van der Waals surface area contributed by atoms with Crippen LogP contribution in [-0.2, 0) is 21.4 Å². The van der Waals surface area contributed by atoms with Crippen molar-refractivity contribution in [2.24, 2.45) is 0 Å². The van der Waals surface area contributed by atoms with Crippen LogP contribution in [0.2, 0.25) is 0 Å². The molecule has 3 nitrogen and oxygen atoms in total. The van der Waals surface area contributed by atoms with E-state index in [4.69, 9.17) is 0 Å². The maximum atomic E-state index is 10.6. The maximum absolute atomic E-state index is 10.6. The Morgan fingerprint density at radius 3 is 1.91 bits per heavy atom. The molecule has 0 fully saturated rings. The fourth-order valence-corrected chi connectivity index (χ4v) is 0.743. The predicted molar refractivity (Wildman–Crippen MR) is 47.2 cm³/mol. The molecule has 0 saturated heterocycles. The van der Waals surface area contributed by atoms with Crippen molar-refractivity contribution in [3.8, 4) is 0 Å². The van der Waals surface area contributed by atoms with E-state index in [1.807, 2.05) is 0 Å². The summed E-state index contributed by atoms with van der Waals surface area (Å²) in [6, 6.07) is 0. The first kappa shape index (κ1) is 10.4. The summed E-state index contributed by atoms with van der Waals surface area (Å²) in [6.07, 6.45) is 2.57. The van der Waals surface area contributed by atoms with Crippen LogP contribution < -0.4 is 0 Å². The molecule has 0 bridgehead atoms. The molecule has 0 N–H and O–H groups in total. The first-order chi connectivity index (χ1) is 5.25. The van der Waals surface area contributed by atoms with Gasteiger partial charge in [0.2, 0.25) is 0 Å². The highest BCUT2D eigenvalue weighted by molar-refractivity contribution is 7.88. The second kappa shape index (κ2) is 5.10. The fourth-order valence-electron chi connectivity index (χ4n) is 0.743. The van der Waals surface area contributed by atoms with Gasteiger partial charge >= 0.3 is 0 Å². The van der Waals surface area contributed by atoms with Crippen molar-refractivity contribution in [3.63, 3.8) is 0 Å². The van der Waals surface area contributed by atoms with Crippen LogP contribution in [0.3, 0.4) is 0 Å². The largest absolute Gasteiger partial charge is 0.276 e. The van der Waals surface area contributed by atoms with Crippen LogP contribution in [0.15, 0.2) is 12.2 Å². The molecule has 0 spiro atoms. The third kappa shape index (κ3) is 2.48. The molecular weight excluding hydrogens is 181 g/mol. The summed E-state index contributed by atoms with van der Waals surface area (Å²) < 4.78 is 0. The van der Waals surface area contributed by atoms with Crippen molar-refractivity contribution in [1.82, 2.24) is 4.90 Å². The van der Waals surface area contributed by atoms with Crippen LogP contribution >= 0.6 is 8.02 Å². The van der Waals surface area contributed by atoms with Crippen molar-refractivity contribution >= 4 is 31.6 Å². The highest BCUT2D eigenvalue weighted by Crippen LogP contribution is 2.00. The van der Waals surface area contributed by atoms with E-state index in [2.05, 4.69) is 19.8 Å². The summed E-state index contributed by atoms with van der Waals surface area (Å²) in [5.41, 5.74) is 0. The molecule has 11 heavy (non-hydrogen) atoms. The summed E-state index contributed by atoms with van der Waals surface area (Å²) in [5, 5.41) is 0. The molecular formula is C6H8NO2PS. The van der Waals surface area contributed by atoms with Crippen LogP contribution in [0.4, 0.5) is 0 Å². The quantitative estimate of drug-likeness (QED) is 0.446. The van der Waals surface area contributed by atoms with Crippen LogP contribution in [0.25, 0.3) is 0 Å². The number of nitrogens with zero attached hydrogens (tertiary/aromatic N) is 1. The molecule has 1 aliphatic rings. The molecule has 0 aromatic rings. The highest BCUT2D eigenvalue weighted by atomic mass is 32.4. The minimum absolute atomic E-state index is 0.206. The molecule has 0 atom stereocenters. The number of carbonyl (C=O) groups excluding carboxylic acids is 2. The zero-order chi connectivity index (χ0) is 8.85. The topological polar surface area (TPSA) is 37.4 Å². The van der Waals surface area contributed by atoms with Crippen LogP contribution in [0, 0.1) is 0 Å². The highest BCUT2D eigenvalue weighted by Gasteiger charge is 2.20. The molecule has 60 valence electrons. The van der Waals surface area contributed by atoms with Gasteiger partial charge in [0.1, 0.15) is 0 Å². The van der Waals surface area contributed by atoms with E-state index in [0.717, 1.165) is 0 Å². The number of imide groups is 1. The second-order valence-corrected chi connectivity index (χ2v) is 1.75. The molecule has 1 heterocycles. The number of carbonyl (C=O) groups is 2. The second-order valence-electron chi connectivity index (χ2n) is 1.75. The van der Waals surface area contributed by atoms with Crippen molar-refractivity contribution in [2.45, 2.75) is 6.92 Å². The fraction of sp³-hybridized carbons (Fsp3) is 0.333. The normalized spacial score (nSPS) is 14.8. The average Bonchev–Trinajstić information content (AvgIpc) is 2.35. The van der Waals surface area contributed by atoms with E-state index >= 15 is 0 Å². The maximum Gasteiger partial charge on any atom is 0.253 e. The summed E-state index contributed by atoms with van der Waals surface area (Å²) >= 11 is 3.89. The minimum atomic E-state index is -0.206. The van der Waals surface area contributed by atoms with Gasteiger partial charge in [0, 0.05) is 18.7 Å². The van der Waals surface area contributed by atoms with E-state index in [9.17, 15) is 9.59 Å². The average molecular weight is 189 g/mol. The number of hydrogen-bond acceptors (Lipinski definition) is 3. The minimum Gasteiger partial charge on any atom is -0.276 e. The molecule has 0 radical (unpaired) electrons. The molecule has 0 saturated carbocycles. The lowest BCUT2D eigenvalue weighted by atomic mass is 10.5. The Labute approximate surface area is 72.3 Å². The molecule has 0 aliphatic carbocycles. The Morgan fingerprint density at radius 1 is 1.36 bits per heavy atom. The molecule has 0 aromatic heterocycles. The van der Waals surface area contributed by atoms with Gasteiger partial charge in [0.15, 0.2) is 0 Å². The molecule has 5 heteroatoms. The third-order valence-electron chi connectivity index (χ3n) is 1.22.